The first-order valence-electron chi connectivity index (χ1n) is 13.1. The van der Waals surface area contributed by atoms with Gasteiger partial charge in [0.05, 0.1) is 34.8 Å². The lowest BCUT2D eigenvalue weighted by molar-refractivity contribution is -0.120. The van der Waals surface area contributed by atoms with Crippen LogP contribution in [0.2, 0.25) is 0 Å². The number of carbonyl (C=O) groups excluding carboxylic acids is 1. The van der Waals surface area contributed by atoms with E-state index in [0.29, 0.717) is 5.69 Å². The lowest BCUT2D eigenvalue weighted by Gasteiger charge is -2.20. The van der Waals surface area contributed by atoms with Crippen LogP contribution in [0.4, 0.5) is 10.1 Å². The van der Waals surface area contributed by atoms with E-state index in [-0.39, 0.29) is 17.0 Å². The number of hydrogen-bond acceptors (Lipinski definition) is 5. The van der Waals surface area contributed by atoms with Gasteiger partial charge in [-0.2, -0.15) is 9.49 Å². The molecular formula is C30H25FN6OS. The molecule has 0 atom stereocenters. The molecule has 0 unspecified atom stereocenters. The van der Waals surface area contributed by atoms with Crippen molar-refractivity contribution < 1.29 is 9.18 Å². The zero-order chi connectivity index (χ0) is 26.3. The molecule has 1 aliphatic carbocycles. The number of thiophene rings is 1. The van der Waals surface area contributed by atoms with Crippen LogP contribution >= 0.6 is 11.3 Å². The molecule has 7 nitrogen and oxygen atoms in total. The van der Waals surface area contributed by atoms with E-state index >= 15 is 0 Å². The number of fused-ring (bicyclic) bond motifs is 2. The summed E-state index contributed by atoms with van der Waals surface area (Å²) in [5, 5.41) is 12.5. The van der Waals surface area contributed by atoms with Crippen molar-refractivity contribution in [2.24, 2.45) is 5.92 Å². The minimum Gasteiger partial charge on any atom is -0.352 e. The third-order valence-electron chi connectivity index (χ3n) is 7.52. The zero-order valence-electron chi connectivity index (χ0n) is 21.0. The maximum absolute atomic E-state index is 13.7. The molecule has 3 N–H and O–H groups in total. The van der Waals surface area contributed by atoms with Gasteiger partial charge in [-0.25, -0.2) is 0 Å². The number of benzene rings is 1. The predicted octanol–water partition coefficient (Wildman–Crippen LogP) is 7.55. The summed E-state index contributed by atoms with van der Waals surface area (Å²) in [6, 6.07) is 13.4. The Labute approximate surface area is 227 Å². The molecule has 5 heterocycles. The van der Waals surface area contributed by atoms with Gasteiger partial charge in [0, 0.05) is 45.1 Å². The molecule has 0 bridgehead atoms. The fourth-order valence-corrected chi connectivity index (χ4v) is 6.26. The van der Waals surface area contributed by atoms with E-state index in [4.69, 9.17) is 0 Å². The van der Waals surface area contributed by atoms with Crippen molar-refractivity contribution >= 4 is 44.7 Å². The molecular weight excluding hydrogens is 511 g/mol. The second-order valence-electron chi connectivity index (χ2n) is 10.1. The van der Waals surface area contributed by atoms with E-state index < -0.39 is 0 Å². The SMILES string of the molecule is O=C(Nc1cncc(-c2ccc3[nH]nc(-c4cc5c(-c6ccc(F)s6)cncc5[nH]4)c3c2)c1)C1CCCCC1. The van der Waals surface area contributed by atoms with Crippen LogP contribution in [0.25, 0.3) is 54.8 Å². The first kappa shape index (κ1) is 23.7. The van der Waals surface area contributed by atoms with E-state index in [2.05, 4.69) is 36.5 Å². The topological polar surface area (TPSA) is 99.3 Å². The molecule has 5 aromatic heterocycles. The molecule has 0 spiro atoms. The highest BCUT2D eigenvalue weighted by Gasteiger charge is 2.21. The van der Waals surface area contributed by atoms with Crippen molar-refractivity contribution in [3.8, 4) is 33.0 Å². The molecule has 1 aromatic carbocycles. The van der Waals surface area contributed by atoms with Crippen LogP contribution in [0, 0.1) is 11.0 Å². The van der Waals surface area contributed by atoms with E-state index in [1.807, 2.05) is 24.3 Å². The summed E-state index contributed by atoms with van der Waals surface area (Å²) in [5.74, 6) is 0.164. The van der Waals surface area contributed by atoms with Gasteiger partial charge in [-0.3, -0.25) is 19.9 Å². The predicted molar refractivity (Wildman–Crippen MR) is 153 cm³/mol. The van der Waals surface area contributed by atoms with Crippen LogP contribution in [0.5, 0.6) is 0 Å². The van der Waals surface area contributed by atoms with Crippen molar-refractivity contribution in [2.75, 3.05) is 5.32 Å². The highest BCUT2D eigenvalue weighted by atomic mass is 32.1. The van der Waals surface area contributed by atoms with E-state index in [1.54, 1.807) is 30.9 Å². The van der Waals surface area contributed by atoms with E-state index in [0.717, 1.165) is 91.8 Å². The van der Waals surface area contributed by atoms with Gasteiger partial charge in [0.25, 0.3) is 0 Å². The Bertz CT molecular complexity index is 1830. The first-order chi connectivity index (χ1) is 19.1. The zero-order valence-corrected chi connectivity index (χ0v) is 21.8. The Balaban J connectivity index is 1.22. The molecule has 1 saturated carbocycles. The average Bonchev–Trinajstić information content (AvgIpc) is 3.71. The molecule has 6 aromatic rings. The monoisotopic (exact) mass is 536 g/mol. The smallest absolute Gasteiger partial charge is 0.227 e. The Hall–Kier alpha value is -4.37. The van der Waals surface area contributed by atoms with Gasteiger partial charge >= 0.3 is 0 Å². The number of carbonyl (C=O) groups is 1. The van der Waals surface area contributed by atoms with E-state index in [1.165, 1.54) is 12.5 Å². The summed E-state index contributed by atoms with van der Waals surface area (Å²) in [6.45, 7) is 0. The van der Waals surface area contributed by atoms with Crippen molar-refractivity contribution in [1.82, 2.24) is 25.1 Å². The first-order valence-corrected chi connectivity index (χ1v) is 13.9. The molecule has 1 fully saturated rings. The third kappa shape index (κ3) is 4.48. The van der Waals surface area contributed by atoms with Gasteiger partial charge < -0.3 is 10.3 Å². The van der Waals surface area contributed by atoms with Crippen molar-refractivity contribution in [2.45, 2.75) is 32.1 Å². The second kappa shape index (κ2) is 9.74. The average molecular weight is 537 g/mol. The number of nitrogens with zero attached hydrogens (tertiary/aromatic N) is 3. The van der Waals surface area contributed by atoms with Crippen molar-refractivity contribution in [3.05, 3.63) is 72.4 Å². The highest BCUT2D eigenvalue weighted by molar-refractivity contribution is 7.14. The molecule has 194 valence electrons. The summed E-state index contributed by atoms with van der Waals surface area (Å²) in [6.07, 6.45) is 12.4. The number of nitrogens with one attached hydrogen (secondary N) is 3. The van der Waals surface area contributed by atoms with E-state index in [9.17, 15) is 9.18 Å². The van der Waals surface area contributed by atoms with Crippen LogP contribution in [-0.2, 0) is 4.79 Å². The van der Waals surface area contributed by atoms with Crippen molar-refractivity contribution in [3.63, 3.8) is 0 Å². The van der Waals surface area contributed by atoms with Crippen LogP contribution in [0.1, 0.15) is 32.1 Å². The Morgan fingerprint density at radius 1 is 0.897 bits per heavy atom. The quantitative estimate of drug-likeness (QED) is 0.212. The Morgan fingerprint density at radius 3 is 2.62 bits per heavy atom. The normalized spacial score (nSPS) is 14.3. The Morgan fingerprint density at radius 2 is 1.77 bits per heavy atom. The molecule has 1 amide bonds. The standard InChI is InChI=1S/C30H25FN6OS/c31-28-9-8-27(39-28)23-15-33-16-26-21(23)12-25(35-26)29-22-11-18(6-7-24(22)36-37-29)19-10-20(14-32-13-19)34-30(38)17-4-2-1-3-5-17/h6-17,35H,1-5H2,(H,34,38)(H,36,37). The number of amides is 1. The minimum absolute atomic E-state index is 0.0816. The number of rotatable bonds is 5. The highest BCUT2D eigenvalue weighted by Crippen LogP contribution is 2.37. The van der Waals surface area contributed by atoms with Crippen LogP contribution in [0.15, 0.2) is 67.3 Å². The third-order valence-corrected chi connectivity index (χ3v) is 8.42. The summed E-state index contributed by atoms with van der Waals surface area (Å²) in [5.41, 5.74) is 6.84. The lowest BCUT2D eigenvalue weighted by atomic mass is 9.88. The maximum Gasteiger partial charge on any atom is 0.227 e. The van der Waals surface area contributed by atoms with Crippen LogP contribution < -0.4 is 5.32 Å². The van der Waals surface area contributed by atoms with Gasteiger partial charge in [-0.15, -0.1) is 11.3 Å². The van der Waals surface area contributed by atoms with Gasteiger partial charge in [-0.1, -0.05) is 25.3 Å². The molecule has 1 aliphatic rings. The molecule has 39 heavy (non-hydrogen) atoms. The largest absolute Gasteiger partial charge is 0.352 e. The van der Waals surface area contributed by atoms with Crippen LogP contribution in [-0.4, -0.2) is 31.1 Å². The maximum atomic E-state index is 13.7. The summed E-state index contributed by atoms with van der Waals surface area (Å²) < 4.78 is 13.7. The minimum atomic E-state index is -0.226. The van der Waals surface area contributed by atoms with Gasteiger partial charge in [0.2, 0.25) is 5.91 Å². The molecule has 0 aliphatic heterocycles. The second-order valence-corrected chi connectivity index (χ2v) is 11.1. The molecule has 7 rings (SSSR count). The van der Waals surface area contributed by atoms with Crippen molar-refractivity contribution in [1.29, 1.82) is 0 Å². The number of aromatic nitrogens is 5. The number of hydrogen-bond donors (Lipinski definition) is 3. The lowest BCUT2D eigenvalue weighted by Crippen LogP contribution is -2.24. The number of anilines is 1. The fourth-order valence-electron chi connectivity index (χ4n) is 5.51. The Kier molecular flexibility index (Phi) is 5.93. The number of pyridine rings is 2. The number of aromatic amines is 2. The number of halogens is 1. The van der Waals surface area contributed by atoms with Crippen LogP contribution in [0.3, 0.4) is 0 Å². The summed E-state index contributed by atoms with van der Waals surface area (Å²) in [4.78, 5) is 25.8. The fraction of sp³-hybridized carbons (Fsp3) is 0.200. The molecule has 0 radical (unpaired) electrons. The molecule has 9 heteroatoms. The van der Waals surface area contributed by atoms with Gasteiger partial charge in [0.1, 0.15) is 5.69 Å². The molecule has 0 saturated heterocycles. The van der Waals surface area contributed by atoms with Gasteiger partial charge in [0.15, 0.2) is 5.13 Å². The number of H-pyrrole nitrogens is 2. The summed E-state index contributed by atoms with van der Waals surface area (Å²) in [7, 11) is 0. The summed E-state index contributed by atoms with van der Waals surface area (Å²) >= 11 is 1.10. The van der Waals surface area contributed by atoms with Gasteiger partial charge in [-0.05, 0) is 54.8 Å².